The van der Waals surface area contributed by atoms with Gasteiger partial charge in [-0.05, 0) is 26.2 Å². The van der Waals surface area contributed by atoms with Crippen molar-refractivity contribution in [2.75, 3.05) is 19.6 Å². The maximum Gasteiger partial charge on any atom is 0.0210 e. The van der Waals surface area contributed by atoms with E-state index in [-0.39, 0.29) is 0 Å². The average molecular weight is 180 g/mol. The molecule has 1 aliphatic heterocycles. The molecule has 2 aliphatic rings. The van der Waals surface area contributed by atoms with Gasteiger partial charge < -0.3 is 5.32 Å². The molecular weight excluding hydrogens is 160 g/mol. The Hall–Kier alpha value is -0.340. The lowest BCUT2D eigenvalue weighted by Crippen LogP contribution is -2.33. The van der Waals surface area contributed by atoms with Crippen LogP contribution < -0.4 is 5.32 Å². The largest absolute Gasteiger partial charge is 0.309 e. The van der Waals surface area contributed by atoms with Crippen molar-refractivity contribution in [3.8, 4) is 0 Å². The number of likely N-dealkylation sites (tertiary alicyclic amines) is 1. The minimum absolute atomic E-state index is 0.747. The Labute approximate surface area is 81.0 Å². The van der Waals surface area contributed by atoms with Crippen LogP contribution in [0, 0.1) is 0 Å². The second kappa shape index (κ2) is 4.25. The molecule has 1 saturated carbocycles. The molecule has 2 heteroatoms. The zero-order valence-corrected chi connectivity index (χ0v) is 8.50. The first-order chi connectivity index (χ1) is 6.40. The van der Waals surface area contributed by atoms with Crippen molar-refractivity contribution < 1.29 is 0 Å². The quantitative estimate of drug-likeness (QED) is 0.658. The fourth-order valence-electron chi connectivity index (χ4n) is 2.08. The lowest BCUT2D eigenvalue weighted by molar-refractivity contribution is 0.319. The first-order valence-electron chi connectivity index (χ1n) is 5.48. The fourth-order valence-corrected chi connectivity index (χ4v) is 2.08. The summed E-state index contributed by atoms with van der Waals surface area (Å²) >= 11 is 0. The Bertz CT molecular complexity index is 185. The molecule has 0 aromatic carbocycles. The van der Waals surface area contributed by atoms with Crippen LogP contribution in [0.25, 0.3) is 0 Å². The van der Waals surface area contributed by atoms with E-state index in [2.05, 4.69) is 29.3 Å². The predicted molar refractivity (Wildman–Crippen MR) is 55.8 cm³/mol. The maximum absolute atomic E-state index is 3.57. The van der Waals surface area contributed by atoms with E-state index in [1.165, 1.54) is 32.4 Å². The summed E-state index contributed by atoms with van der Waals surface area (Å²) in [6.45, 7) is 5.72. The lowest BCUT2D eigenvalue weighted by Gasteiger charge is -2.14. The van der Waals surface area contributed by atoms with Crippen molar-refractivity contribution in [3.05, 3.63) is 12.2 Å². The summed E-state index contributed by atoms with van der Waals surface area (Å²) in [5.41, 5.74) is 0. The minimum Gasteiger partial charge on any atom is -0.309 e. The van der Waals surface area contributed by atoms with Gasteiger partial charge in [0.25, 0.3) is 0 Å². The smallest absolute Gasteiger partial charge is 0.0210 e. The molecule has 2 rings (SSSR count). The van der Waals surface area contributed by atoms with Gasteiger partial charge in [0.15, 0.2) is 0 Å². The molecule has 0 radical (unpaired) electrons. The van der Waals surface area contributed by atoms with Gasteiger partial charge in [-0.1, -0.05) is 12.2 Å². The Morgan fingerprint density at radius 2 is 2.23 bits per heavy atom. The minimum atomic E-state index is 0.747. The van der Waals surface area contributed by atoms with Crippen LogP contribution in [0.15, 0.2) is 12.2 Å². The second-order valence-electron chi connectivity index (χ2n) is 4.19. The van der Waals surface area contributed by atoms with Gasteiger partial charge in [0.2, 0.25) is 0 Å². The summed E-state index contributed by atoms with van der Waals surface area (Å²) in [7, 11) is 0. The van der Waals surface area contributed by atoms with Crippen LogP contribution in [0.3, 0.4) is 0 Å². The molecule has 2 fully saturated rings. The summed E-state index contributed by atoms with van der Waals surface area (Å²) in [4.78, 5) is 2.65. The van der Waals surface area contributed by atoms with E-state index in [1.807, 2.05) is 0 Å². The van der Waals surface area contributed by atoms with Crippen molar-refractivity contribution in [2.45, 2.75) is 38.3 Å². The summed E-state index contributed by atoms with van der Waals surface area (Å²) in [6, 6.07) is 1.70. The number of rotatable bonds is 4. The van der Waals surface area contributed by atoms with Crippen molar-refractivity contribution >= 4 is 0 Å². The van der Waals surface area contributed by atoms with Crippen LogP contribution in [0.5, 0.6) is 0 Å². The average Bonchev–Trinajstić information content (AvgIpc) is 2.88. The standard InChI is InChI=1S/C11H20N2/c1-2-3-7-12-10-6-8-13(9-10)11-4-5-11/h2-3,10-12H,4-9H2,1H3/b3-2+. The van der Waals surface area contributed by atoms with Gasteiger partial charge in [-0.3, -0.25) is 4.90 Å². The van der Waals surface area contributed by atoms with E-state index in [4.69, 9.17) is 0 Å². The van der Waals surface area contributed by atoms with E-state index in [9.17, 15) is 0 Å². The first kappa shape index (κ1) is 9.22. The first-order valence-corrected chi connectivity index (χ1v) is 5.48. The predicted octanol–water partition coefficient (Wildman–Crippen LogP) is 1.39. The highest BCUT2D eigenvalue weighted by Crippen LogP contribution is 2.29. The zero-order valence-electron chi connectivity index (χ0n) is 8.50. The Morgan fingerprint density at radius 1 is 1.38 bits per heavy atom. The third-order valence-electron chi connectivity index (χ3n) is 3.04. The molecule has 0 aromatic rings. The SMILES string of the molecule is C/C=C/CNC1CCN(C2CC2)C1. The third kappa shape index (κ3) is 2.55. The summed E-state index contributed by atoms with van der Waals surface area (Å²) in [5, 5.41) is 3.57. The van der Waals surface area contributed by atoms with E-state index in [0.717, 1.165) is 18.6 Å². The molecule has 1 heterocycles. The summed E-state index contributed by atoms with van der Waals surface area (Å²) in [6.07, 6.45) is 8.54. The Morgan fingerprint density at radius 3 is 2.92 bits per heavy atom. The number of hydrogen-bond donors (Lipinski definition) is 1. The molecule has 1 saturated heterocycles. The van der Waals surface area contributed by atoms with Gasteiger partial charge in [-0.15, -0.1) is 0 Å². The van der Waals surface area contributed by atoms with Crippen LogP contribution in [-0.2, 0) is 0 Å². The zero-order chi connectivity index (χ0) is 9.10. The van der Waals surface area contributed by atoms with Crippen molar-refractivity contribution in [1.29, 1.82) is 0 Å². The number of allylic oxidation sites excluding steroid dienone is 1. The van der Waals surface area contributed by atoms with Crippen LogP contribution in [0.2, 0.25) is 0 Å². The van der Waals surface area contributed by atoms with Gasteiger partial charge in [0.1, 0.15) is 0 Å². The van der Waals surface area contributed by atoms with Gasteiger partial charge in [0.05, 0.1) is 0 Å². The van der Waals surface area contributed by atoms with Crippen LogP contribution >= 0.6 is 0 Å². The van der Waals surface area contributed by atoms with Gasteiger partial charge in [0, 0.05) is 31.7 Å². The lowest BCUT2D eigenvalue weighted by atomic mass is 10.2. The number of nitrogens with zero attached hydrogens (tertiary/aromatic N) is 1. The molecule has 1 N–H and O–H groups in total. The van der Waals surface area contributed by atoms with Crippen molar-refractivity contribution in [2.24, 2.45) is 0 Å². The topological polar surface area (TPSA) is 15.3 Å². The van der Waals surface area contributed by atoms with E-state index in [0.29, 0.717) is 0 Å². The van der Waals surface area contributed by atoms with E-state index in [1.54, 1.807) is 0 Å². The Balaban J connectivity index is 1.65. The third-order valence-corrected chi connectivity index (χ3v) is 3.04. The van der Waals surface area contributed by atoms with Crippen LogP contribution in [0.4, 0.5) is 0 Å². The van der Waals surface area contributed by atoms with Gasteiger partial charge in [-0.25, -0.2) is 0 Å². The molecule has 0 bridgehead atoms. The Kier molecular flexibility index (Phi) is 3.01. The van der Waals surface area contributed by atoms with Gasteiger partial charge in [-0.2, -0.15) is 0 Å². The highest BCUT2D eigenvalue weighted by Gasteiger charge is 2.33. The molecule has 0 aromatic heterocycles. The molecule has 1 aliphatic carbocycles. The molecule has 2 nitrogen and oxygen atoms in total. The molecule has 13 heavy (non-hydrogen) atoms. The number of hydrogen-bond acceptors (Lipinski definition) is 2. The van der Waals surface area contributed by atoms with Crippen LogP contribution in [0.1, 0.15) is 26.2 Å². The highest BCUT2D eigenvalue weighted by molar-refractivity contribution is 4.93. The summed E-state index contributed by atoms with van der Waals surface area (Å²) in [5.74, 6) is 0. The molecule has 1 unspecified atom stereocenters. The van der Waals surface area contributed by atoms with Crippen LogP contribution in [-0.4, -0.2) is 36.6 Å². The molecular formula is C11H20N2. The fraction of sp³-hybridized carbons (Fsp3) is 0.818. The van der Waals surface area contributed by atoms with E-state index >= 15 is 0 Å². The van der Waals surface area contributed by atoms with Crippen molar-refractivity contribution in [3.63, 3.8) is 0 Å². The monoisotopic (exact) mass is 180 g/mol. The highest BCUT2D eigenvalue weighted by atomic mass is 15.2. The molecule has 74 valence electrons. The molecule has 0 amide bonds. The van der Waals surface area contributed by atoms with Gasteiger partial charge >= 0.3 is 0 Å². The number of nitrogens with one attached hydrogen (secondary N) is 1. The maximum atomic E-state index is 3.57. The van der Waals surface area contributed by atoms with Crippen molar-refractivity contribution in [1.82, 2.24) is 10.2 Å². The molecule has 1 atom stereocenters. The second-order valence-corrected chi connectivity index (χ2v) is 4.19. The normalized spacial score (nSPS) is 30.4. The van der Waals surface area contributed by atoms with E-state index < -0.39 is 0 Å². The molecule has 0 spiro atoms. The summed E-state index contributed by atoms with van der Waals surface area (Å²) < 4.78 is 0.